The van der Waals surface area contributed by atoms with Gasteiger partial charge < -0.3 is 15.2 Å². The number of rotatable bonds is 5. The van der Waals surface area contributed by atoms with Crippen LogP contribution in [-0.4, -0.2) is 30.8 Å². The number of carbonyl (C=O) groups is 1. The molecule has 0 heterocycles. The lowest BCUT2D eigenvalue weighted by Crippen LogP contribution is -2.39. The molecule has 1 saturated carbocycles. The van der Waals surface area contributed by atoms with E-state index in [9.17, 15) is 9.90 Å². The van der Waals surface area contributed by atoms with Crippen LogP contribution >= 0.6 is 0 Å². The molecule has 4 heteroatoms. The number of phenols is 1. The number of carbonyl (C=O) groups excluding carboxylic acids is 1. The molecule has 0 aromatic heterocycles. The average Bonchev–Trinajstić information content (AvgIpc) is 2.33. The number of methoxy groups -OCH3 is 1. The van der Waals surface area contributed by atoms with E-state index in [1.54, 1.807) is 24.3 Å². The van der Waals surface area contributed by atoms with E-state index < -0.39 is 0 Å². The van der Waals surface area contributed by atoms with Crippen molar-refractivity contribution in [1.82, 2.24) is 5.32 Å². The molecule has 0 aliphatic heterocycles. The fraction of sp³-hybridized carbons (Fsp3) is 0.500. The van der Waals surface area contributed by atoms with Gasteiger partial charge in [-0.2, -0.15) is 0 Å². The molecule has 2 rings (SSSR count). The van der Waals surface area contributed by atoms with Crippen molar-refractivity contribution in [3.05, 3.63) is 29.8 Å². The van der Waals surface area contributed by atoms with Gasteiger partial charge in [0.15, 0.2) is 0 Å². The van der Waals surface area contributed by atoms with Crippen LogP contribution in [0.2, 0.25) is 0 Å². The van der Waals surface area contributed by atoms with Crippen molar-refractivity contribution < 1.29 is 14.6 Å². The second-order valence-corrected chi connectivity index (χ2v) is 4.70. The highest BCUT2D eigenvalue weighted by atomic mass is 16.5. The fourth-order valence-corrected chi connectivity index (χ4v) is 2.08. The number of hydrogen-bond donors (Lipinski definition) is 2. The summed E-state index contributed by atoms with van der Waals surface area (Å²) in [7, 11) is 1.40. The van der Waals surface area contributed by atoms with E-state index in [0.717, 1.165) is 5.56 Å². The van der Waals surface area contributed by atoms with Crippen molar-refractivity contribution in [2.45, 2.75) is 31.2 Å². The predicted molar refractivity (Wildman–Crippen MR) is 68.5 cm³/mol. The van der Waals surface area contributed by atoms with Gasteiger partial charge in [-0.1, -0.05) is 18.6 Å². The number of esters is 1. The lowest BCUT2D eigenvalue weighted by molar-refractivity contribution is -0.142. The summed E-state index contributed by atoms with van der Waals surface area (Å²) in [6, 6.07) is 7.25. The third-order valence-corrected chi connectivity index (χ3v) is 3.50. The molecule has 1 aliphatic carbocycles. The van der Waals surface area contributed by atoms with Crippen LogP contribution in [0.1, 0.15) is 30.7 Å². The van der Waals surface area contributed by atoms with E-state index in [0.29, 0.717) is 12.6 Å². The van der Waals surface area contributed by atoms with Gasteiger partial charge in [-0.15, -0.1) is 0 Å². The van der Waals surface area contributed by atoms with Crippen LogP contribution < -0.4 is 5.32 Å². The van der Waals surface area contributed by atoms with Crippen LogP contribution in [0.3, 0.4) is 0 Å². The Morgan fingerprint density at radius 2 is 2.11 bits per heavy atom. The molecule has 0 spiro atoms. The van der Waals surface area contributed by atoms with Gasteiger partial charge in [-0.3, -0.25) is 4.79 Å². The first-order valence-corrected chi connectivity index (χ1v) is 6.31. The minimum atomic E-state index is -0.309. The molecule has 0 radical (unpaired) electrons. The Morgan fingerprint density at radius 3 is 2.61 bits per heavy atom. The average molecular weight is 249 g/mol. The van der Waals surface area contributed by atoms with E-state index in [2.05, 4.69) is 5.32 Å². The van der Waals surface area contributed by atoms with Crippen molar-refractivity contribution in [2.24, 2.45) is 0 Å². The lowest BCUT2D eigenvalue weighted by Gasteiger charge is -2.28. The van der Waals surface area contributed by atoms with Gasteiger partial charge in [-0.05, 0) is 30.5 Å². The van der Waals surface area contributed by atoms with E-state index in [-0.39, 0.29) is 17.6 Å². The summed E-state index contributed by atoms with van der Waals surface area (Å²) >= 11 is 0. The van der Waals surface area contributed by atoms with Gasteiger partial charge >= 0.3 is 5.97 Å². The van der Waals surface area contributed by atoms with Crippen molar-refractivity contribution in [3.8, 4) is 5.75 Å². The van der Waals surface area contributed by atoms with Gasteiger partial charge in [0.05, 0.1) is 13.0 Å². The standard InChI is InChI=1S/C14H19NO3/c1-18-14(17)13(9-15-11-3-2-4-11)10-5-7-12(16)8-6-10/h5-8,11,13,15-16H,2-4,9H2,1H3. The largest absolute Gasteiger partial charge is 0.508 e. The summed E-state index contributed by atoms with van der Waals surface area (Å²) in [5.74, 6) is -0.349. The molecule has 1 atom stereocenters. The molecule has 0 bridgehead atoms. The normalized spacial score (nSPS) is 16.9. The monoisotopic (exact) mass is 249 g/mol. The van der Waals surface area contributed by atoms with E-state index in [1.807, 2.05) is 0 Å². The van der Waals surface area contributed by atoms with Crippen molar-refractivity contribution >= 4 is 5.97 Å². The minimum absolute atomic E-state index is 0.203. The van der Waals surface area contributed by atoms with Gasteiger partial charge in [-0.25, -0.2) is 0 Å². The van der Waals surface area contributed by atoms with E-state index in [1.165, 1.54) is 26.4 Å². The fourth-order valence-electron chi connectivity index (χ4n) is 2.08. The summed E-state index contributed by atoms with van der Waals surface area (Å²) in [4.78, 5) is 11.8. The Balaban J connectivity index is 2.03. The van der Waals surface area contributed by atoms with Crippen molar-refractivity contribution in [2.75, 3.05) is 13.7 Å². The molecule has 18 heavy (non-hydrogen) atoms. The van der Waals surface area contributed by atoms with Crippen LogP contribution in [0.4, 0.5) is 0 Å². The molecule has 1 aromatic rings. The second kappa shape index (κ2) is 5.87. The second-order valence-electron chi connectivity index (χ2n) is 4.70. The molecule has 98 valence electrons. The zero-order chi connectivity index (χ0) is 13.0. The van der Waals surface area contributed by atoms with E-state index in [4.69, 9.17) is 4.74 Å². The lowest BCUT2D eigenvalue weighted by atomic mass is 9.91. The van der Waals surface area contributed by atoms with Crippen LogP contribution in [-0.2, 0) is 9.53 Å². The van der Waals surface area contributed by atoms with Crippen LogP contribution in [0, 0.1) is 0 Å². The molecule has 1 unspecified atom stereocenters. The molecule has 0 amide bonds. The van der Waals surface area contributed by atoms with Gasteiger partial charge in [0.25, 0.3) is 0 Å². The van der Waals surface area contributed by atoms with Crippen LogP contribution in [0.15, 0.2) is 24.3 Å². The quantitative estimate of drug-likeness (QED) is 0.781. The van der Waals surface area contributed by atoms with Gasteiger partial charge in [0.2, 0.25) is 0 Å². The maximum atomic E-state index is 11.8. The summed E-state index contributed by atoms with van der Waals surface area (Å²) in [6.07, 6.45) is 3.63. The summed E-state index contributed by atoms with van der Waals surface area (Å²) in [5, 5.41) is 12.7. The minimum Gasteiger partial charge on any atom is -0.508 e. The number of ether oxygens (including phenoxy) is 1. The number of hydrogen-bond acceptors (Lipinski definition) is 4. The highest BCUT2D eigenvalue weighted by Crippen LogP contribution is 2.22. The number of nitrogens with one attached hydrogen (secondary N) is 1. The molecule has 0 saturated heterocycles. The molecule has 4 nitrogen and oxygen atoms in total. The van der Waals surface area contributed by atoms with Crippen LogP contribution in [0.25, 0.3) is 0 Å². The van der Waals surface area contributed by atoms with Crippen molar-refractivity contribution in [1.29, 1.82) is 0 Å². The maximum absolute atomic E-state index is 11.8. The highest BCUT2D eigenvalue weighted by molar-refractivity contribution is 5.78. The maximum Gasteiger partial charge on any atom is 0.314 e. The Labute approximate surface area is 107 Å². The Kier molecular flexibility index (Phi) is 4.20. The zero-order valence-corrected chi connectivity index (χ0v) is 10.6. The molecule has 1 aliphatic rings. The highest BCUT2D eigenvalue weighted by Gasteiger charge is 2.24. The van der Waals surface area contributed by atoms with E-state index >= 15 is 0 Å². The number of benzene rings is 1. The van der Waals surface area contributed by atoms with Crippen molar-refractivity contribution in [3.63, 3.8) is 0 Å². The topological polar surface area (TPSA) is 58.6 Å². The molecular weight excluding hydrogens is 230 g/mol. The van der Waals surface area contributed by atoms with Gasteiger partial charge in [0, 0.05) is 12.6 Å². The summed E-state index contributed by atoms with van der Waals surface area (Å²) in [5.41, 5.74) is 0.867. The molecular formula is C14H19NO3. The Morgan fingerprint density at radius 1 is 1.44 bits per heavy atom. The first-order chi connectivity index (χ1) is 8.70. The Hall–Kier alpha value is -1.55. The number of aromatic hydroxyl groups is 1. The third-order valence-electron chi connectivity index (χ3n) is 3.50. The summed E-state index contributed by atoms with van der Waals surface area (Å²) in [6.45, 7) is 0.585. The third kappa shape index (κ3) is 3.01. The molecule has 1 fully saturated rings. The van der Waals surface area contributed by atoms with Crippen LogP contribution in [0.5, 0.6) is 5.75 Å². The first kappa shape index (κ1) is 12.9. The SMILES string of the molecule is COC(=O)C(CNC1CCC1)c1ccc(O)cc1. The Bertz CT molecular complexity index is 398. The smallest absolute Gasteiger partial charge is 0.314 e. The number of phenolic OH excluding ortho intramolecular Hbond substituents is 1. The first-order valence-electron chi connectivity index (χ1n) is 6.31. The van der Waals surface area contributed by atoms with Gasteiger partial charge in [0.1, 0.15) is 5.75 Å². The summed E-state index contributed by atoms with van der Waals surface area (Å²) < 4.78 is 4.84. The zero-order valence-electron chi connectivity index (χ0n) is 10.6. The molecule has 1 aromatic carbocycles. The predicted octanol–water partition coefficient (Wildman–Crippen LogP) is 1.79. The molecule has 2 N–H and O–H groups in total.